The fourth-order valence-electron chi connectivity index (χ4n) is 1.29. The first-order chi connectivity index (χ1) is 7.62. The Labute approximate surface area is 95.4 Å². The van der Waals surface area contributed by atoms with Crippen LogP contribution in [-0.2, 0) is 0 Å². The van der Waals surface area contributed by atoms with Crippen LogP contribution in [0.25, 0.3) is 0 Å². The fourth-order valence-corrected chi connectivity index (χ4v) is 1.29. The Bertz CT molecular complexity index is 337. The van der Waals surface area contributed by atoms with E-state index in [1.165, 1.54) is 5.01 Å². The molecular formula is C9H19N7. The van der Waals surface area contributed by atoms with Gasteiger partial charge in [0.2, 0.25) is 17.8 Å². The van der Waals surface area contributed by atoms with Gasteiger partial charge in [-0.15, -0.1) is 0 Å². The summed E-state index contributed by atoms with van der Waals surface area (Å²) >= 11 is 0. The fraction of sp³-hybridized carbons (Fsp3) is 0.667. The summed E-state index contributed by atoms with van der Waals surface area (Å²) in [6.07, 6.45) is 0. The SMILES string of the molecule is CCN(N)c1nc(N)nc(N(CC)CC)n1. The zero-order valence-electron chi connectivity index (χ0n) is 10.0. The third kappa shape index (κ3) is 2.69. The Kier molecular flexibility index (Phi) is 4.24. The largest absolute Gasteiger partial charge is 0.368 e. The van der Waals surface area contributed by atoms with Crippen LogP contribution in [0.2, 0.25) is 0 Å². The van der Waals surface area contributed by atoms with E-state index in [0.29, 0.717) is 18.4 Å². The number of hydrogen-bond donors (Lipinski definition) is 2. The highest BCUT2D eigenvalue weighted by molar-refractivity contribution is 5.42. The lowest BCUT2D eigenvalue weighted by atomic mass is 10.5. The molecule has 0 spiro atoms. The van der Waals surface area contributed by atoms with Crippen molar-refractivity contribution < 1.29 is 0 Å². The van der Waals surface area contributed by atoms with Crippen LogP contribution in [0.1, 0.15) is 20.8 Å². The summed E-state index contributed by atoms with van der Waals surface area (Å²) < 4.78 is 0. The summed E-state index contributed by atoms with van der Waals surface area (Å²) in [7, 11) is 0. The van der Waals surface area contributed by atoms with Crippen LogP contribution in [0.4, 0.5) is 17.8 Å². The van der Waals surface area contributed by atoms with E-state index in [9.17, 15) is 0 Å². The molecule has 0 aliphatic carbocycles. The average Bonchev–Trinajstić information content (AvgIpc) is 2.29. The van der Waals surface area contributed by atoms with E-state index >= 15 is 0 Å². The van der Waals surface area contributed by atoms with Crippen molar-refractivity contribution in [3.63, 3.8) is 0 Å². The van der Waals surface area contributed by atoms with Gasteiger partial charge in [0.15, 0.2) is 0 Å². The molecule has 7 nitrogen and oxygen atoms in total. The van der Waals surface area contributed by atoms with Gasteiger partial charge in [0.05, 0.1) is 0 Å². The second kappa shape index (κ2) is 5.45. The smallest absolute Gasteiger partial charge is 0.246 e. The van der Waals surface area contributed by atoms with Crippen molar-refractivity contribution in [2.75, 3.05) is 35.3 Å². The van der Waals surface area contributed by atoms with E-state index in [4.69, 9.17) is 11.6 Å². The first-order valence-corrected chi connectivity index (χ1v) is 5.41. The van der Waals surface area contributed by atoms with E-state index in [1.54, 1.807) is 0 Å². The van der Waals surface area contributed by atoms with Gasteiger partial charge in [0.25, 0.3) is 0 Å². The minimum absolute atomic E-state index is 0.191. The lowest BCUT2D eigenvalue weighted by Gasteiger charge is -2.20. The highest BCUT2D eigenvalue weighted by atomic mass is 15.5. The molecular weight excluding hydrogens is 206 g/mol. The standard InChI is InChI=1S/C9H19N7/c1-4-15(5-2)8-12-7(10)13-9(14-8)16(11)6-3/h4-6,11H2,1-3H3,(H2,10,12,13,14). The zero-order valence-corrected chi connectivity index (χ0v) is 10.0. The summed E-state index contributed by atoms with van der Waals surface area (Å²) in [5.41, 5.74) is 5.63. The van der Waals surface area contributed by atoms with E-state index in [0.717, 1.165) is 13.1 Å². The van der Waals surface area contributed by atoms with Crippen LogP contribution in [-0.4, -0.2) is 34.6 Å². The van der Waals surface area contributed by atoms with Crippen LogP contribution in [0.3, 0.4) is 0 Å². The molecule has 0 aliphatic rings. The maximum Gasteiger partial charge on any atom is 0.246 e. The second-order valence-corrected chi connectivity index (χ2v) is 3.25. The molecule has 0 amide bonds. The summed E-state index contributed by atoms with van der Waals surface area (Å²) in [6.45, 7) is 8.22. The van der Waals surface area contributed by atoms with Crippen LogP contribution in [0, 0.1) is 0 Å². The molecule has 0 saturated carbocycles. The van der Waals surface area contributed by atoms with Crippen LogP contribution < -0.4 is 21.5 Å². The molecule has 0 fully saturated rings. The Morgan fingerprint density at radius 2 is 1.50 bits per heavy atom. The van der Waals surface area contributed by atoms with Gasteiger partial charge in [-0.25, -0.2) is 5.84 Å². The van der Waals surface area contributed by atoms with Crippen molar-refractivity contribution in [3.05, 3.63) is 0 Å². The van der Waals surface area contributed by atoms with E-state index in [2.05, 4.69) is 15.0 Å². The molecule has 1 heterocycles. The van der Waals surface area contributed by atoms with Gasteiger partial charge >= 0.3 is 0 Å². The maximum atomic E-state index is 5.72. The van der Waals surface area contributed by atoms with Gasteiger partial charge in [-0.1, -0.05) is 0 Å². The second-order valence-electron chi connectivity index (χ2n) is 3.25. The minimum Gasteiger partial charge on any atom is -0.368 e. The molecule has 4 N–H and O–H groups in total. The quantitative estimate of drug-likeness (QED) is 0.537. The number of hydrazine groups is 1. The maximum absolute atomic E-state index is 5.72. The van der Waals surface area contributed by atoms with Gasteiger partial charge in [0, 0.05) is 19.6 Å². The molecule has 0 aromatic carbocycles. The number of hydrogen-bond acceptors (Lipinski definition) is 7. The highest BCUT2D eigenvalue weighted by Gasteiger charge is 2.11. The molecule has 0 bridgehead atoms. The van der Waals surface area contributed by atoms with Gasteiger partial charge in [-0.05, 0) is 20.8 Å². The minimum atomic E-state index is 0.191. The van der Waals surface area contributed by atoms with Gasteiger partial charge in [0.1, 0.15) is 0 Å². The molecule has 0 atom stereocenters. The predicted octanol–water partition coefficient (Wildman–Crippen LogP) is 0.000000000000000444. The molecule has 16 heavy (non-hydrogen) atoms. The van der Waals surface area contributed by atoms with Crippen molar-refractivity contribution in [2.45, 2.75) is 20.8 Å². The topological polar surface area (TPSA) is 97.2 Å². The summed E-state index contributed by atoms with van der Waals surface area (Å²) in [5, 5.41) is 1.44. The summed E-state index contributed by atoms with van der Waals surface area (Å²) in [5.74, 6) is 6.88. The lowest BCUT2D eigenvalue weighted by Crippen LogP contribution is -2.33. The van der Waals surface area contributed by atoms with E-state index in [1.807, 2.05) is 25.7 Å². The predicted molar refractivity (Wildman–Crippen MR) is 65.0 cm³/mol. The van der Waals surface area contributed by atoms with Crippen molar-refractivity contribution in [1.29, 1.82) is 0 Å². The average molecular weight is 225 g/mol. The summed E-state index contributed by atoms with van der Waals surface area (Å²) in [6, 6.07) is 0. The van der Waals surface area contributed by atoms with Crippen molar-refractivity contribution >= 4 is 17.8 Å². The van der Waals surface area contributed by atoms with E-state index in [-0.39, 0.29) is 5.95 Å². The molecule has 90 valence electrons. The number of rotatable bonds is 5. The van der Waals surface area contributed by atoms with Crippen molar-refractivity contribution in [1.82, 2.24) is 15.0 Å². The lowest BCUT2D eigenvalue weighted by molar-refractivity contribution is 0.786. The van der Waals surface area contributed by atoms with Crippen LogP contribution >= 0.6 is 0 Å². The third-order valence-corrected chi connectivity index (χ3v) is 2.27. The Morgan fingerprint density at radius 1 is 0.938 bits per heavy atom. The number of anilines is 3. The molecule has 0 aliphatic heterocycles. The monoisotopic (exact) mass is 225 g/mol. The number of nitrogen functional groups attached to an aromatic ring is 1. The van der Waals surface area contributed by atoms with Crippen molar-refractivity contribution in [2.24, 2.45) is 5.84 Å². The molecule has 0 unspecified atom stereocenters. The highest BCUT2D eigenvalue weighted by Crippen LogP contribution is 2.12. The normalized spacial score (nSPS) is 10.2. The molecule has 7 heteroatoms. The van der Waals surface area contributed by atoms with Gasteiger partial charge in [-0.2, -0.15) is 15.0 Å². The zero-order chi connectivity index (χ0) is 12.1. The Morgan fingerprint density at radius 3 is 2.00 bits per heavy atom. The first-order valence-electron chi connectivity index (χ1n) is 5.41. The van der Waals surface area contributed by atoms with Gasteiger partial charge < -0.3 is 10.6 Å². The Hall–Kier alpha value is -1.63. The number of nitrogens with zero attached hydrogens (tertiary/aromatic N) is 5. The van der Waals surface area contributed by atoms with Crippen LogP contribution in [0.5, 0.6) is 0 Å². The summed E-state index contributed by atoms with van der Waals surface area (Å²) in [4.78, 5) is 14.3. The van der Waals surface area contributed by atoms with Crippen LogP contribution in [0.15, 0.2) is 0 Å². The van der Waals surface area contributed by atoms with E-state index < -0.39 is 0 Å². The molecule has 0 saturated heterocycles. The van der Waals surface area contributed by atoms with Crippen molar-refractivity contribution in [3.8, 4) is 0 Å². The Balaban J connectivity index is 3.06. The third-order valence-electron chi connectivity index (χ3n) is 2.27. The van der Waals surface area contributed by atoms with Gasteiger partial charge in [-0.3, -0.25) is 5.01 Å². The number of nitrogens with two attached hydrogens (primary N) is 2. The first kappa shape index (κ1) is 12.4. The number of aromatic nitrogens is 3. The molecule has 0 radical (unpaired) electrons. The molecule has 1 rings (SSSR count). The molecule has 1 aromatic rings. The molecule has 1 aromatic heterocycles.